The third-order valence-electron chi connectivity index (χ3n) is 4.98. The van der Waals surface area contributed by atoms with E-state index in [2.05, 4.69) is 41.4 Å². The minimum absolute atomic E-state index is 0.642. The topological polar surface area (TPSA) is 112 Å². The van der Waals surface area contributed by atoms with E-state index in [0.29, 0.717) is 11.5 Å². The maximum Gasteiger partial charge on any atom is 0.178 e. The summed E-state index contributed by atoms with van der Waals surface area (Å²) in [6, 6.07) is 12.0. The van der Waals surface area contributed by atoms with Crippen molar-refractivity contribution < 1.29 is 0 Å². The molecular weight excluding hydrogens is 364 g/mol. The number of rotatable bonds is 3. The van der Waals surface area contributed by atoms with Crippen molar-refractivity contribution in [2.45, 2.75) is 0 Å². The fourth-order valence-electron chi connectivity index (χ4n) is 3.57. The number of pyridine rings is 2. The Labute approximate surface area is 164 Å². The first-order chi connectivity index (χ1) is 14.4. The molecule has 0 amide bonds. The maximum atomic E-state index is 4.70. The fraction of sp³-hybridized carbons (Fsp3) is 0. The number of nitrogens with zero attached hydrogens (tertiary/aromatic N) is 5. The average molecular weight is 378 g/mol. The van der Waals surface area contributed by atoms with E-state index in [4.69, 9.17) is 4.98 Å². The van der Waals surface area contributed by atoms with Crippen LogP contribution in [0.15, 0.2) is 67.4 Å². The van der Waals surface area contributed by atoms with Crippen molar-refractivity contribution in [2.24, 2.45) is 0 Å². The molecule has 3 N–H and O–H groups in total. The van der Waals surface area contributed by atoms with Gasteiger partial charge in [-0.05, 0) is 29.8 Å². The van der Waals surface area contributed by atoms with Crippen LogP contribution in [0.5, 0.6) is 0 Å². The Hall–Kier alpha value is -4.33. The second kappa shape index (κ2) is 6.10. The molecule has 0 fully saturated rings. The zero-order valence-electron chi connectivity index (χ0n) is 15.1. The van der Waals surface area contributed by atoms with Gasteiger partial charge in [-0.15, -0.1) is 0 Å². The van der Waals surface area contributed by atoms with Crippen molar-refractivity contribution in [3.05, 3.63) is 67.4 Å². The fourth-order valence-corrected chi connectivity index (χ4v) is 3.57. The van der Waals surface area contributed by atoms with Crippen molar-refractivity contribution in [1.29, 1.82) is 0 Å². The molecule has 6 aromatic rings. The zero-order valence-corrected chi connectivity index (χ0v) is 15.1. The van der Waals surface area contributed by atoms with Gasteiger partial charge in [0.25, 0.3) is 0 Å². The van der Waals surface area contributed by atoms with Gasteiger partial charge in [0.2, 0.25) is 0 Å². The molecule has 0 spiro atoms. The second-order valence-electron chi connectivity index (χ2n) is 6.70. The van der Waals surface area contributed by atoms with Gasteiger partial charge in [-0.25, -0.2) is 9.97 Å². The number of H-pyrrole nitrogens is 3. The molecule has 5 heterocycles. The van der Waals surface area contributed by atoms with Crippen molar-refractivity contribution in [3.63, 3.8) is 0 Å². The monoisotopic (exact) mass is 378 g/mol. The molecule has 29 heavy (non-hydrogen) atoms. The summed E-state index contributed by atoms with van der Waals surface area (Å²) >= 11 is 0. The molecule has 0 unspecified atom stereocenters. The summed E-state index contributed by atoms with van der Waals surface area (Å²) in [5, 5.41) is 15.5. The number of nitrogens with one attached hydrogen (secondary N) is 3. The Morgan fingerprint density at radius 1 is 0.897 bits per heavy atom. The molecule has 0 aliphatic rings. The normalized spacial score (nSPS) is 11.4. The van der Waals surface area contributed by atoms with E-state index in [0.717, 1.165) is 44.4 Å². The molecule has 6 rings (SSSR count). The highest BCUT2D eigenvalue weighted by atomic mass is 15.1. The SMILES string of the molecule is c1cncc(-c2ccnc3nc(-c4n[nH]c5ccc(-c6cn[nH]c6)cc45)[nH]c23)c1. The summed E-state index contributed by atoms with van der Waals surface area (Å²) in [4.78, 5) is 16.7. The van der Waals surface area contributed by atoms with Crippen molar-refractivity contribution in [3.8, 4) is 33.8 Å². The molecule has 0 atom stereocenters. The van der Waals surface area contributed by atoms with Crippen molar-refractivity contribution in [1.82, 2.24) is 40.3 Å². The number of hydrogen-bond donors (Lipinski definition) is 3. The van der Waals surface area contributed by atoms with Crippen LogP contribution in [0, 0.1) is 0 Å². The zero-order chi connectivity index (χ0) is 19.2. The van der Waals surface area contributed by atoms with Gasteiger partial charge >= 0.3 is 0 Å². The average Bonchev–Trinajstić information content (AvgIpc) is 3.52. The second-order valence-corrected chi connectivity index (χ2v) is 6.70. The predicted octanol–water partition coefficient (Wildman–Crippen LogP) is 3.95. The van der Waals surface area contributed by atoms with Crippen LogP contribution >= 0.6 is 0 Å². The number of imidazole rings is 1. The van der Waals surface area contributed by atoms with Gasteiger partial charge in [-0.3, -0.25) is 15.2 Å². The number of aromatic nitrogens is 8. The van der Waals surface area contributed by atoms with E-state index in [1.165, 1.54) is 0 Å². The lowest BCUT2D eigenvalue weighted by Gasteiger charge is -2.01. The van der Waals surface area contributed by atoms with Crippen LogP contribution in [0.1, 0.15) is 0 Å². The third-order valence-corrected chi connectivity index (χ3v) is 4.98. The quantitative estimate of drug-likeness (QED) is 0.432. The summed E-state index contributed by atoms with van der Waals surface area (Å²) < 4.78 is 0. The van der Waals surface area contributed by atoms with Gasteiger partial charge in [0.15, 0.2) is 11.5 Å². The minimum atomic E-state index is 0.642. The summed E-state index contributed by atoms with van der Waals surface area (Å²) in [6.07, 6.45) is 9.01. The van der Waals surface area contributed by atoms with Gasteiger partial charge in [0.1, 0.15) is 5.69 Å². The first-order valence-corrected chi connectivity index (χ1v) is 9.09. The van der Waals surface area contributed by atoms with Crippen LogP contribution < -0.4 is 0 Å². The number of fused-ring (bicyclic) bond motifs is 2. The number of benzene rings is 1. The third kappa shape index (κ3) is 2.50. The van der Waals surface area contributed by atoms with Gasteiger partial charge in [-0.1, -0.05) is 12.1 Å². The highest BCUT2D eigenvalue weighted by Gasteiger charge is 2.16. The molecule has 5 aromatic heterocycles. The van der Waals surface area contributed by atoms with Crippen molar-refractivity contribution in [2.75, 3.05) is 0 Å². The van der Waals surface area contributed by atoms with Gasteiger partial charge in [0.05, 0.1) is 17.2 Å². The smallest absolute Gasteiger partial charge is 0.178 e. The lowest BCUT2D eigenvalue weighted by atomic mass is 10.1. The number of hydrogen-bond acceptors (Lipinski definition) is 5. The highest BCUT2D eigenvalue weighted by molar-refractivity contribution is 5.97. The summed E-state index contributed by atoms with van der Waals surface area (Å²) in [5.41, 5.74) is 7.27. The van der Waals surface area contributed by atoms with Crippen LogP contribution in [0.4, 0.5) is 0 Å². The van der Waals surface area contributed by atoms with E-state index in [9.17, 15) is 0 Å². The minimum Gasteiger partial charge on any atom is -0.335 e. The van der Waals surface area contributed by atoms with E-state index >= 15 is 0 Å². The summed E-state index contributed by atoms with van der Waals surface area (Å²) in [5.74, 6) is 0.666. The van der Waals surface area contributed by atoms with Gasteiger partial charge in [-0.2, -0.15) is 10.2 Å². The molecule has 0 saturated heterocycles. The molecule has 0 radical (unpaired) electrons. The molecule has 0 saturated carbocycles. The van der Waals surface area contributed by atoms with Gasteiger partial charge in [0, 0.05) is 46.9 Å². The Bertz CT molecular complexity index is 1440. The van der Waals surface area contributed by atoms with Crippen LogP contribution in [0.2, 0.25) is 0 Å². The molecular formula is C21H14N8. The molecule has 8 heteroatoms. The summed E-state index contributed by atoms with van der Waals surface area (Å²) in [7, 11) is 0. The predicted molar refractivity (Wildman–Crippen MR) is 110 cm³/mol. The van der Waals surface area contributed by atoms with E-state index < -0.39 is 0 Å². The Morgan fingerprint density at radius 3 is 2.76 bits per heavy atom. The number of aromatic amines is 3. The lowest BCUT2D eigenvalue weighted by molar-refractivity contribution is 1.09. The van der Waals surface area contributed by atoms with Crippen LogP contribution in [0.3, 0.4) is 0 Å². The molecule has 0 bridgehead atoms. The molecule has 8 nitrogen and oxygen atoms in total. The largest absolute Gasteiger partial charge is 0.335 e. The lowest BCUT2D eigenvalue weighted by Crippen LogP contribution is -1.84. The Balaban J connectivity index is 1.54. The van der Waals surface area contributed by atoms with E-state index in [1.54, 1.807) is 18.6 Å². The van der Waals surface area contributed by atoms with Crippen LogP contribution in [-0.2, 0) is 0 Å². The Morgan fingerprint density at radius 2 is 1.90 bits per heavy atom. The van der Waals surface area contributed by atoms with Crippen LogP contribution in [0.25, 0.3) is 55.8 Å². The highest BCUT2D eigenvalue weighted by Crippen LogP contribution is 2.32. The standard InChI is InChI=1S/C21H14N8/c1-2-13(9-22-6-1)15-5-7-23-20-18(15)26-21(27-20)19-16-8-12(14-10-24-25-11-14)3-4-17(16)28-29-19/h1-11H,(H,24,25)(H,28,29)(H,23,26,27). The molecule has 138 valence electrons. The summed E-state index contributed by atoms with van der Waals surface area (Å²) in [6.45, 7) is 0. The molecule has 0 aliphatic heterocycles. The van der Waals surface area contributed by atoms with Gasteiger partial charge < -0.3 is 4.98 Å². The van der Waals surface area contributed by atoms with E-state index in [-0.39, 0.29) is 0 Å². The first kappa shape index (κ1) is 15.7. The van der Waals surface area contributed by atoms with Crippen molar-refractivity contribution >= 4 is 22.1 Å². The van der Waals surface area contributed by atoms with Crippen LogP contribution in [-0.4, -0.2) is 40.3 Å². The Kier molecular flexibility index (Phi) is 3.30. The molecule has 1 aromatic carbocycles. The first-order valence-electron chi connectivity index (χ1n) is 9.09. The van der Waals surface area contributed by atoms with E-state index in [1.807, 2.05) is 42.7 Å². The maximum absolute atomic E-state index is 4.70. The molecule has 0 aliphatic carbocycles.